The van der Waals surface area contributed by atoms with Crippen molar-refractivity contribution in [1.29, 1.82) is 0 Å². The molecule has 5 heterocycles. The van der Waals surface area contributed by atoms with Gasteiger partial charge in [0.15, 0.2) is 10.8 Å². The molecule has 0 radical (unpaired) electrons. The van der Waals surface area contributed by atoms with Crippen molar-refractivity contribution >= 4 is 52.3 Å². The average Bonchev–Trinajstić information content (AvgIpc) is 4.00. The number of hydrogen-bond acceptors (Lipinski definition) is 9. The summed E-state index contributed by atoms with van der Waals surface area (Å²) in [5.74, 6) is 0.399. The summed E-state index contributed by atoms with van der Waals surface area (Å²) in [6, 6.07) is 8.27. The van der Waals surface area contributed by atoms with Crippen LogP contribution in [0.4, 0.5) is 10.6 Å². The molecule has 290 valence electrons. The predicted molar refractivity (Wildman–Crippen MR) is 208 cm³/mol. The van der Waals surface area contributed by atoms with Crippen LogP contribution in [0.15, 0.2) is 49.2 Å². The summed E-state index contributed by atoms with van der Waals surface area (Å²) < 4.78 is 6.25. The van der Waals surface area contributed by atoms with E-state index in [9.17, 15) is 24.0 Å². The molecule has 16 heteroatoms. The summed E-state index contributed by atoms with van der Waals surface area (Å²) in [5, 5.41) is 7.40. The number of rotatable bonds is 8. The van der Waals surface area contributed by atoms with Gasteiger partial charge in [0.05, 0.1) is 42.9 Å². The number of amides is 5. The van der Waals surface area contributed by atoms with E-state index < -0.39 is 6.09 Å². The molecule has 0 unspecified atom stereocenters. The number of benzene rings is 1. The SMILES string of the molecule is CC(=O)NCC(=O)N1CCCC1.CCC.CCC.COC(=O)NCC(=O)N1CCCC1.O=CNc1cn2cc(-c3ccc(-c4cnc[nH]4)cc3)sc2n1. The van der Waals surface area contributed by atoms with Crippen molar-refractivity contribution in [2.24, 2.45) is 0 Å². The molecule has 2 fully saturated rings. The molecule has 4 aromatic rings. The van der Waals surface area contributed by atoms with E-state index in [4.69, 9.17) is 0 Å². The molecule has 0 bridgehead atoms. The lowest BCUT2D eigenvalue weighted by Crippen LogP contribution is -2.38. The zero-order chi connectivity index (χ0) is 39.0. The van der Waals surface area contributed by atoms with Crippen LogP contribution in [0.25, 0.3) is 26.7 Å². The minimum Gasteiger partial charge on any atom is -0.453 e. The molecule has 3 aromatic heterocycles. The number of hydrogen-bond donors (Lipinski definition) is 4. The number of carbonyl (C=O) groups is 5. The number of aromatic amines is 1. The first-order valence-corrected chi connectivity index (χ1v) is 18.8. The number of imidazole rings is 2. The van der Waals surface area contributed by atoms with Gasteiger partial charge in [0.2, 0.25) is 24.1 Å². The smallest absolute Gasteiger partial charge is 0.407 e. The highest BCUT2D eigenvalue weighted by molar-refractivity contribution is 7.20. The zero-order valence-corrected chi connectivity index (χ0v) is 32.6. The van der Waals surface area contributed by atoms with E-state index in [1.54, 1.807) is 39.9 Å². The van der Waals surface area contributed by atoms with E-state index in [1.165, 1.54) is 26.9 Å². The fraction of sp³-hybridized carbons (Fsp3) is 0.486. The van der Waals surface area contributed by atoms with E-state index in [2.05, 4.69) is 87.6 Å². The second-order valence-corrected chi connectivity index (χ2v) is 13.1. The molecular formula is C37H55N9O6S. The van der Waals surface area contributed by atoms with E-state index in [1.807, 2.05) is 10.6 Å². The van der Waals surface area contributed by atoms with Gasteiger partial charge in [-0.05, 0) is 36.8 Å². The Balaban J connectivity index is 0.000000271. The largest absolute Gasteiger partial charge is 0.453 e. The lowest BCUT2D eigenvalue weighted by Gasteiger charge is -2.14. The second kappa shape index (κ2) is 24.9. The molecule has 0 aliphatic carbocycles. The van der Waals surface area contributed by atoms with Crippen molar-refractivity contribution in [2.45, 2.75) is 73.1 Å². The van der Waals surface area contributed by atoms with Gasteiger partial charge in [-0.15, -0.1) is 0 Å². The number of carbonyl (C=O) groups excluding carboxylic acids is 5. The Hall–Kier alpha value is -5.25. The summed E-state index contributed by atoms with van der Waals surface area (Å²) in [7, 11) is 1.27. The first kappa shape index (κ1) is 43.9. The third-order valence-corrected chi connectivity index (χ3v) is 8.36. The summed E-state index contributed by atoms with van der Waals surface area (Å²) >= 11 is 1.58. The second-order valence-electron chi connectivity index (χ2n) is 12.1. The molecule has 2 aliphatic rings. The Kier molecular flexibility index (Phi) is 20.6. The van der Waals surface area contributed by atoms with Crippen LogP contribution in [0.5, 0.6) is 0 Å². The van der Waals surface area contributed by atoms with Gasteiger partial charge < -0.3 is 35.5 Å². The fourth-order valence-corrected chi connectivity index (χ4v) is 5.84. The molecule has 1 aromatic carbocycles. The van der Waals surface area contributed by atoms with Crippen LogP contribution in [-0.4, -0.2) is 106 Å². The third-order valence-electron chi connectivity index (χ3n) is 7.32. The number of nitrogens with zero attached hydrogens (tertiary/aromatic N) is 5. The Bertz CT molecular complexity index is 1630. The van der Waals surface area contributed by atoms with Crippen LogP contribution in [0.2, 0.25) is 0 Å². The maximum absolute atomic E-state index is 11.3. The van der Waals surface area contributed by atoms with Crippen molar-refractivity contribution in [3.05, 3.63) is 49.2 Å². The average molecular weight is 754 g/mol. The summed E-state index contributed by atoms with van der Waals surface area (Å²) in [4.78, 5) is 71.1. The number of H-pyrrole nitrogens is 1. The van der Waals surface area contributed by atoms with Crippen molar-refractivity contribution in [1.82, 2.24) is 39.8 Å². The molecule has 6 rings (SSSR count). The number of fused-ring (bicyclic) bond motifs is 1. The molecule has 15 nitrogen and oxygen atoms in total. The molecule has 2 saturated heterocycles. The lowest BCUT2D eigenvalue weighted by molar-refractivity contribution is -0.131. The molecule has 2 aliphatic heterocycles. The van der Waals surface area contributed by atoms with Gasteiger partial charge >= 0.3 is 6.09 Å². The maximum Gasteiger partial charge on any atom is 0.407 e. The number of ether oxygens (including phenoxy) is 1. The van der Waals surface area contributed by atoms with Crippen LogP contribution in [0, 0.1) is 0 Å². The van der Waals surface area contributed by atoms with E-state index in [0.29, 0.717) is 12.2 Å². The Morgan fingerprint density at radius 1 is 0.849 bits per heavy atom. The van der Waals surface area contributed by atoms with Gasteiger partial charge in [0.1, 0.15) is 6.54 Å². The molecule has 53 heavy (non-hydrogen) atoms. The van der Waals surface area contributed by atoms with Gasteiger partial charge in [0, 0.05) is 39.3 Å². The Morgan fingerprint density at radius 3 is 1.83 bits per heavy atom. The highest BCUT2D eigenvalue weighted by Gasteiger charge is 2.18. The maximum atomic E-state index is 11.3. The Morgan fingerprint density at radius 2 is 1.38 bits per heavy atom. The molecule has 5 amide bonds. The monoisotopic (exact) mass is 753 g/mol. The summed E-state index contributed by atoms with van der Waals surface area (Å²) in [5.41, 5.74) is 3.22. The molecule has 4 N–H and O–H groups in total. The Labute approximate surface area is 315 Å². The number of methoxy groups -OCH3 is 1. The van der Waals surface area contributed by atoms with Crippen molar-refractivity contribution in [2.75, 3.05) is 51.7 Å². The van der Waals surface area contributed by atoms with Crippen molar-refractivity contribution < 1.29 is 28.7 Å². The number of aromatic nitrogens is 4. The number of likely N-dealkylation sites (tertiary alicyclic amines) is 2. The van der Waals surface area contributed by atoms with Gasteiger partial charge in [-0.25, -0.2) is 14.8 Å². The first-order chi connectivity index (χ1) is 25.6. The number of anilines is 1. The van der Waals surface area contributed by atoms with Crippen molar-refractivity contribution in [3.63, 3.8) is 0 Å². The molecule has 0 atom stereocenters. The van der Waals surface area contributed by atoms with Gasteiger partial charge in [0.25, 0.3) is 0 Å². The van der Waals surface area contributed by atoms with Crippen molar-refractivity contribution in [3.8, 4) is 21.7 Å². The highest BCUT2D eigenvalue weighted by atomic mass is 32.1. The topological polar surface area (TPSA) is 183 Å². The summed E-state index contributed by atoms with van der Waals surface area (Å²) in [6.07, 6.45) is 14.1. The number of alkyl carbamates (subject to hydrolysis) is 1. The van der Waals surface area contributed by atoms with Crippen LogP contribution in [0.3, 0.4) is 0 Å². The zero-order valence-electron chi connectivity index (χ0n) is 31.8. The quantitative estimate of drug-likeness (QED) is 0.169. The van der Waals surface area contributed by atoms with E-state index >= 15 is 0 Å². The molecule has 0 spiro atoms. The van der Waals surface area contributed by atoms with Crippen LogP contribution < -0.4 is 16.0 Å². The summed E-state index contributed by atoms with van der Waals surface area (Å²) in [6.45, 7) is 13.4. The van der Waals surface area contributed by atoms with Crippen LogP contribution >= 0.6 is 11.3 Å². The minimum absolute atomic E-state index is 0.0303. The van der Waals surface area contributed by atoms with E-state index in [-0.39, 0.29) is 30.8 Å². The van der Waals surface area contributed by atoms with Gasteiger partial charge in [-0.3, -0.25) is 23.6 Å². The molecule has 0 saturated carbocycles. The first-order valence-electron chi connectivity index (χ1n) is 18.0. The van der Waals surface area contributed by atoms with Crippen LogP contribution in [0.1, 0.15) is 73.1 Å². The lowest BCUT2D eigenvalue weighted by atomic mass is 10.1. The third kappa shape index (κ3) is 15.9. The minimum atomic E-state index is -0.562. The standard InChI is InChI=1S/C15H11N5OS.C8H14N2O3.C8H14N2O2.2C3H8/c21-9-18-14-7-20-6-13(22-15(20)19-14)11-3-1-10(2-4-11)12-5-16-8-17-12;1-13-8(12)9-6-7(11)10-4-2-3-5-10;1-7(11)9-6-8(12)10-4-2-3-5-10;2*1-3-2/h1-9H,(H,16,17)(H,18,21);2-6H2,1H3,(H,9,12);2-6H2,1H3,(H,9,11);2*3H2,1-2H3. The van der Waals surface area contributed by atoms with Crippen LogP contribution in [-0.2, 0) is 23.9 Å². The normalized spacial score (nSPS) is 12.7. The van der Waals surface area contributed by atoms with Gasteiger partial charge in [-0.2, -0.15) is 0 Å². The van der Waals surface area contributed by atoms with E-state index in [0.717, 1.165) is 78.5 Å². The molecular weight excluding hydrogens is 699 g/mol. The number of thiazole rings is 1. The fourth-order valence-electron chi connectivity index (χ4n) is 4.86. The highest BCUT2D eigenvalue weighted by Crippen LogP contribution is 2.30. The van der Waals surface area contributed by atoms with Gasteiger partial charge in [-0.1, -0.05) is 76.1 Å². The number of nitrogens with one attached hydrogen (secondary N) is 4. The predicted octanol–water partition coefficient (Wildman–Crippen LogP) is 5.56.